The van der Waals surface area contributed by atoms with Crippen LogP contribution in [0.5, 0.6) is 0 Å². The van der Waals surface area contributed by atoms with Crippen LogP contribution in [0.4, 0.5) is 5.82 Å². The van der Waals surface area contributed by atoms with E-state index < -0.39 is 34.8 Å². The molecule has 0 unspecified atom stereocenters. The molecule has 1 fully saturated rings. The van der Waals surface area contributed by atoms with Gasteiger partial charge in [0.25, 0.3) is 0 Å². The molecule has 2 aromatic carbocycles. The SMILES string of the molecule is COC[C@H]1O[C@@H](n2cnc3c(NCC(c4ccccc4)c4ccccc4)nc(CN(CC(C)C)S(=O)(=O)[O-])nc32)[C@H](O)[C@@H]1O.[K+]. The normalized spacial score (nSPS) is 20.3. The van der Waals surface area contributed by atoms with Gasteiger partial charge < -0.3 is 29.6 Å². The van der Waals surface area contributed by atoms with E-state index in [0.29, 0.717) is 17.9 Å². The van der Waals surface area contributed by atoms with Crippen molar-refractivity contribution >= 4 is 27.3 Å². The monoisotopic (exact) mass is 664 g/mol. The smallest absolute Gasteiger partial charge is 0.735 e. The van der Waals surface area contributed by atoms with Gasteiger partial charge in [0.15, 0.2) is 33.5 Å². The van der Waals surface area contributed by atoms with Gasteiger partial charge in [-0.25, -0.2) is 27.7 Å². The molecular weight excluding hydrogens is 628 g/mol. The molecule has 0 amide bonds. The number of hydrogen-bond acceptors (Lipinski definition) is 11. The molecular formula is C30H37KN6O7S. The third-order valence-electron chi connectivity index (χ3n) is 7.49. The molecule has 3 heterocycles. The fourth-order valence-corrected chi connectivity index (χ4v) is 6.15. The number of aliphatic hydroxyl groups is 2. The second-order valence-corrected chi connectivity index (χ2v) is 12.6. The van der Waals surface area contributed by atoms with Crippen LogP contribution in [0.1, 0.15) is 42.9 Å². The zero-order valence-corrected chi connectivity index (χ0v) is 29.7. The molecule has 0 radical (unpaired) electrons. The number of aromatic nitrogens is 4. The van der Waals surface area contributed by atoms with Crippen molar-refractivity contribution in [3.8, 4) is 0 Å². The number of aliphatic hydroxyl groups excluding tert-OH is 2. The molecule has 4 atom stereocenters. The Labute approximate surface area is 305 Å². The number of hydrogen-bond donors (Lipinski definition) is 3. The van der Waals surface area contributed by atoms with E-state index in [4.69, 9.17) is 9.47 Å². The molecule has 1 aliphatic heterocycles. The molecule has 0 spiro atoms. The summed E-state index contributed by atoms with van der Waals surface area (Å²) in [7, 11) is -3.35. The molecule has 13 nitrogen and oxygen atoms in total. The van der Waals surface area contributed by atoms with Gasteiger partial charge in [-0.1, -0.05) is 74.5 Å². The van der Waals surface area contributed by atoms with E-state index in [1.54, 1.807) is 13.8 Å². The summed E-state index contributed by atoms with van der Waals surface area (Å²) in [6.45, 7) is 3.67. The van der Waals surface area contributed by atoms with Gasteiger partial charge in [0.1, 0.15) is 24.1 Å². The van der Waals surface area contributed by atoms with Gasteiger partial charge in [0.2, 0.25) is 0 Å². The Balaban J connectivity index is 0.00000461. The van der Waals surface area contributed by atoms with Gasteiger partial charge in [-0.05, 0) is 17.0 Å². The predicted octanol–water partition coefficient (Wildman–Crippen LogP) is -0.742. The van der Waals surface area contributed by atoms with E-state index in [9.17, 15) is 23.2 Å². The molecule has 1 aliphatic rings. The molecule has 0 bridgehead atoms. The molecule has 45 heavy (non-hydrogen) atoms. The van der Waals surface area contributed by atoms with Gasteiger partial charge in [-0.3, -0.25) is 4.57 Å². The number of rotatable bonds is 13. The second-order valence-electron chi connectivity index (χ2n) is 11.2. The minimum atomic E-state index is -4.82. The Bertz CT molecular complexity index is 1610. The first-order valence-electron chi connectivity index (χ1n) is 14.4. The third-order valence-corrected chi connectivity index (χ3v) is 8.40. The van der Waals surface area contributed by atoms with Crippen LogP contribution in [0, 0.1) is 5.92 Å². The van der Waals surface area contributed by atoms with Crippen molar-refractivity contribution in [2.45, 2.75) is 50.8 Å². The molecule has 5 rings (SSSR count). The van der Waals surface area contributed by atoms with Gasteiger partial charge >= 0.3 is 51.4 Å². The maximum Gasteiger partial charge on any atom is 1.00 e. The molecule has 236 valence electrons. The molecule has 0 saturated carbocycles. The molecule has 0 aliphatic carbocycles. The number of methoxy groups -OCH3 is 1. The van der Waals surface area contributed by atoms with Crippen molar-refractivity contribution in [2.24, 2.45) is 5.92 Å². The summed E-state index contributed by atoms with van der Waals surface area (Å²) < 4.78 is 49.7. The number of ether oxygens (including phenoxy) is 2. The van der Waals surface area contributed by atoms with Gasteiger partial charge in [0.05, 0.1) is 19.5 Å². The van der Waals surface area contributed by atoms with Crippen molar-refractivity contribution in [3.05, 3.63) is 83.9 Å². The fraction of sp³-hybridized carbons (Fsp3) is 0.433. The summed E-state index contributed by atoms with van der Waals surface area (Å²) >= 11 is 0. The Hall–Kier alpha value is -1.86. The largest absolute Gasteiger partial charge is 1.00 e. The van der Waals surface area contributed by atoms with Gasteiger partial charge in [-0.2, -0.15) is 0 Å². The average Bonchev–Trinajstić information content (AvgIpc) is 3.54. The Morgan fingerprint density at radius 3 is 2.22 bits per heavy atom. The predicted molar refractivity (Wildman–Crippen MR) is 161 cm³/mol. The van der Waals surface area contributed by atoms with E-state index in [1.807, 2.05) is 60.7 Å². The summed E-state index contributed by atoms with van der Waals surface area (Å²) in [6, 6.07) is 19.9. The summed E-state index contributed by atoms with van der Waals surface area (Å²) in [5, 5.41) is 24.8. The maximum atomic E-state index is 12.1. The Morgan fingerprint density at radius 1 is 1.04 bits per heavy atom. The van der Waals surface area contributed by atoms with E-state index >= 15 is 0 Å². The van der Waals surface area contributed by atoms with E-state index in [1.165, 1.54) is 18.0 Å². The molecule has 15 heteroatoms. The van der Waals surface area contributed by atoms with Crippen molar-refractivity contribution in [1.29, 1.82) is 0 Å². The van der Waals surface area contributed by atoms with Crippen molar-refractivity contribution in [2.75, 3.05) is 32.1 Å². The molecule has 1 saturated heterocycles. The first-order chi connectivity index (χ1) is 21.1. The van der Waals surface area contributed by atoms with Crippen LogP contribution in [0.25, 0.3) is 11.2 Å². The third kappa shape index (κ3) is 8.54. The zero-order chi connectivity index (χ0) is 31.4. The van der Waals surface area contributed by atoms with Crippen LogP contribution in [0.15, 0.2) is 67.0 Å². The quantitative estimate of drug-likeness (QED) is 0.121. The van der Waals surface area contributed by atoms with Crippen LogP contribution >= 0.6 is 0 Å². The minimum absolute atomic E-state index is 0. The number of imidazole rings is 1. The number of nitrogens with one attached hydrogen (secondary N) is 1. The topological polar surface area (TPSA) is 175 Å². The maximum absolute atomic E-state index is 12.1. The number of benzene rings is 2. The Morgan fingerprint density at radius 2 is 1.67 bits per heavy atom. The standard InChI is InChI=1S/C30H38N6O7S.K/c1-19(2)15-35(44(39,40)41)16-24-33-28(31-14-22(20-10-6-4-7-11-20)21-12-8-5-9-13-21)25-29(34-24)36(18-32-25)30-27(38)26(37)23(43-30)17-42-3;/h4-13,18-19,22-23,26-27,30,37-38H,14-17H2,1-3H3,(H,31,33,34)(H,39,40,41);/q;+1/p-1/t23-,26-,27-,30-;/m1./s1. The van der Waals surface area contributed by atoms with Crippen LogP contribution in [0.2, 0.25) is 0 Å². The van der Waals surface area contributed by atoms with Gasteiger partial charge in [-0.15, -0.1) is 0 Å². The van der Waals surface area contributed by atoms with Crippen molar-refractivity contribution < 1.29 is 84.0 Å². The molecule has 2 aromatic heterocycles. The molecule has 4 aromatic rings. The first-order valence-corrected chi connectivity index (χ1v) is 15.7. The summed E-state index contributed by atoms with van der Waals surface area (Å²) in [4.78, 5) is 13.7. The number of fused-ring (bicyclic) bond motifs is 1. The van der Waals surface area contributed by atoms with E-state index in [2.05, 4.69) is 20.3 Å². The van der Waals surface area contributed by atoms with Crippen LogP contribution in [-0.2, 0) is 26.3 Å². The van der Waals surface area contributed by atoms with Gasteiger partial charge in [0, 0.05) is 26.1 Å². The number of nitrogens with zero attached hydrogens (tertiary/aromatic N) is 5. The zero-order valence-electron chi connectivity index (χ0n) is 25.7. The van der Waals surface area contributed by atoms with Crippen molar-refractivity contribution in [1.82, 2.24) is 23.8 Å². The van der Waals surface area contributed by atoms with E-state index in [-0.39, 0.29) is 94.4 Å². The van der Waals surface area contributed by atoms with Crippen LogP contribution in [0.3, 0.4) is 0 Å². The van der Waals surface area contributed by atoms with Crippen LogP contribution in [-0.4, -0.2) is 92.1 Å². The summed E-state index contributed by atoms with van der Waals surface area (Å²) in [5.74, 6) is 0.177. The second kappa shape index (κ2) is 15.8. The average molecular weight is 665 g/mol. The Kier molecular flexibility index (Phi) is 12.6. The van der Waals surface area contributed by atoms with Crippen molar-refractivity contribution in [3.63, 3.8) is 0 Å². The summed E-state index contributed by atoms with van der Waals surface area (Å²) in [6.07, 6.45) is -2.96. The molecule has 3 N–H and O–H groups in total. The summed E-state index contributed by atoms with van der Waals surface area (Å²) in [5.41, 5.74) is 2.72. The van der Waals surface area contributed by atoms with Crippen LogP contribution < -0.4 is 56.7 Å². The fourth-order valence-electron chi connectivity index (χ4n) is 5.40. The van der Waals surface area contributed by atoms with E-state index in [0.717, 1.165) is 15.4 Å². The number of anilines is 1. The first kappa shape index (κ1) is 36.0. The minimum Gasteiger partial charge on any atom is -0.735 e.